The third kappa shape index (κ3) is 2.68. The maximum absolute atomic E-state index is 11.1. The molecule has 1 aromatic carbocycles. The van der Waals surface area contributed by atoms with Crippen molar-refractivity contribution >= 4 is 33.9 Å². The molecule has 110 valence electrons. The molecule has 0 saturated heterocycles. The predicted molar refractivity (Wildman–Crippen MR) is 87.0 cm³/mol. The molecule has 0 spiro atoms. The second-order valence-electron chi connectivity index (χ2n) is 5.27. The Balaban J connectivity index is 2.00. The fourth-order valence-corrected chi connectivity index (χ4v) is 3.97. The first-order chi connectivity index (χ1) is 10.2. The molecule has 3 rings (SSSR count). The van der Waals surface area contributed by atoms with Crippen LogP contribution in [-0.2, 0) is 0 Å². The van der Waals surface area contributed by atoms with Crippen molar-refractivity contribution in [3.05, 3.63) is 40.7 Å². The van der Waals surface area contributed by atoms with Gasteiger partial charge in [-0.15, -0.1) is 0 Å². The number of non-ortho nitro benzene ring substituents is 1. The van der Waals surface area contributed by atoms with E-state index in [9.17, 15) is 10.1 Å². The standard InChI is InChI=1S/C15H17N3O2S/c1-21-15-4-2-3-13(15)17-12-5-6-14(18(19)20)10-7-8-16-9-11(10)12/h5-9,13,15,17H,2-4H2,1H3. The average molecular weight is 303 g/mol. The Labute approximate surface area is 127 Å². The van der Waals surface area contributed by atoms with E-state index in [1.807, 2.05) is 11.8 Å². The summed E-state index contributed by atoms with van der Waals surface area (Å²) in [6.07, 6.45) is 9.03. The maximum Gasteiger partial charge on any atom is 0.277 e. The molecular formula is C15H17N3O2S. The van der Waals surface area contributed by atoms with Gasteiger partial charge in [-0.2, -0.15) is 11.8 Å². The Morgan fingerprint density at radius 2 is 2.19 bits per heavy atom. The van der Waals surface area contributed by atoms with Crippen molar-refractivity contribution in [2.75, 3.05) is 11.6 Å². The van der Waals surface area contributed by atoms with E-state index >= 15 is 0 Å². The fraction of sp³-hybridized carbons (Fsp3) is 0.400. The van der Waals surface area contributed by atoms with Gasteiger partial charge in [0.1, 0.15) is 0 Å². The van der Waals surface area contributed by atoms with Crippen LogP contribution in [0.2, 0.25) is 0 Å². The third-order valence-corrected chi connectivity index (χ3v) is 5.26. The lowest BCUT2D eigenvalue weighted by atomic mass is 10.1. The Morgan fingerprint density at radius 1 is 1.33 bits per heavy atom. The number of fused-ring (bicyclic) bond motifs is 1. The lowest BCUT2D eigenvalue weighted by molar-refractivity contribution is -0.383. The van der Waals surface area contributed by atoms with Gasteiger partial charge in [-0.3, -0.25) is 15.1 Å². The monoisotopic (exact) mass is 303 g/mol. The first-order valence-electron chi connectivity index (χ1n) is 7.01. The van der Waals surface area contributed by atoms with Crippen LogP contribution in [0, 0.1) is 10.1 Å². The highest BCUT2D eigenvalue weighted by Gasteiger charge is 2.27. The van der Waals surface area contributed by atoms with Crippen molar-refractivity contribution in [3.63, 3.8) is 0 Å². The number of nitrogens with one attached hydrogen (secondary N) is 1. The zero-order valence-electron chi connectivity index (χ0n) is 11.8. The van der Waals surface area contributed by atoms with Gasteiger partial charge in [-0.1, -0.05) is 6.42 Å². The third-order valence-electron chi connectivity index (χ3n) is 4.09. The van der Waals surface area contributed by atoms with Crippen molar-refractivity contribution in [1.82, 2.24) is 4.98 Å². The molecule has 21 heavy (non-hydrogen) atoms. The second-order valence-corrected chi connectivity index (χ2v) is 6.34. The van der Waals surface area contributed by atoms with E-state index in [1.54, 1.807) is 30.6 Å². The molecule has 5 nitrogen and oxygen atoms in total. The molecule has 2 atom stereocenters. The van der Waals surface area contributed by atoms with E-state index in [0.29, 0.717) is 16.7 Å². The molecule has 0 aliphatic heterocycles. The highest BCUT2D eigenvalue weighted by molar-refractivity contribution is 7.99. The number of pyridine rings is 1. The van der Waals surface area contributed by atoms with Gasteiger partial charge in [0.15, 0.2) is 0 Å². The zero-order chi connectivity index (χ0) is 14.8. The Kier molecular flexibility index (Phi) is 3.96. The van der Waals surface area contributed by atoms with Crippen LogP contribution in [0.3, 0.4) is 0 Å². The van der Waals surface area contributed by atoms with E-state index in [-0.39, 0.29) is 10.6 Å². The molecule has 1 saturated carbocycles. The Morgan fingerprint density at radius 3 is 2.95 bits per heavy atom. The van der Waals surface area contributed by atoms with Gasteiger partial charge in [-0.05, 0) is 31.2 Å². The van der Waals surface area contributed by atoms with Gasteiger partial charge in [0.25, 0.3) is 5.69 Å². The molecule has 1 aliphatic rings. The van der Waals surface area contributed by atoms with Crippen LogP contribution in [0.25, 0.3) is 10.8 Å². The van der Waals surface area contributed by atoms with Gasteiger partial charge >= 0.3 is 0 Å². The summed E-state index contributed by atoms with van der Waals surface area (Å²) in [4.78, 5) is 14.9. The SMILES string of the molecule is CSC1CCCC1Nc1ccc([N+](=O)[O-])c2ccncc12. The van der Waals surface area contributed by atoms with E-state index in [2.05, 4.69) is 16.6 Å². The molecule has 0 amide bonds. The normalized spacial score (nSPS) is 21.6. The number of aromatic nitrogens is 1. The fourth-order valence-electron chi connectivity index (χ4n) is 3.03. The van der Waals surface area contributed by atoms with Crippen LogP contribution < -0.4 is 5.32 Å². The molecule has 1 fully saturated rings. The van der Waals surface area contributed by atoms with Gasteiger partial charge < -0.3 is 5.32 Å². The molecule has 6 heteroatoms. The second kappa shape index (κ2) is 5.89. The number of anilines is 1. The molecule has 1 aromatic heterocycles. The van der Waals surface area contributed by atoms with Crippen molar-refractivity contribution in [3.8, 4) is 0 Å². The van der Waals surface area contributed by atoms with Crippen molar-refractivity contribution in [2.45, 2.75) is 30.6 Å². The highest BCUT2D eigenvalue weighted by Crippen LogP contribution is 2.35. The van der Waals surface area contributed by atoms with Crippen LogP contribution in [-0.4, -0.2) is 27.5 Å². The predicted octanol–water partition coefficient (Wildman–Crippen LogP) is 3.84. The average Bonchev–Trinajstić information content (AvgIpc) is 2.94. The van der Waals surface area contributed by atoms with E-state index in [1.165, 1.54) is 12.8 Å². The summed E-state index contributed by atoms with van der Waals surface area (Å²) >= 11 is 1.89. The first kappa shape index (κ1) is 14.1. The Bertz CT molecular complexity index is 677. The minimum atomic E-state index is -0.341. The smallest absolute Gasteiger partial charge is 0.277 e. The van der Waals surface area contributed by atoms with Crippen LogP contribution in [0.1, 0.15) is 19.3 Å². The van der Waals surface area contributed by atoms with E-state index < -0.39 is 0 Å². The molecule has 1 heterocycles. The molecular weight excluding hydrogens is 286 g/mol. The molecule has 2 aromatic rings. The molecule has 1 N–H and O–H groups in total. The maximum atomic E-state index is 11.1. The number of thioether (sulfide) groups is 1. The summed E-state index contributed by atoms with van der Waals surface area (Å²) in [5, 5.41) is 16.8. The number of nitro groups is 1. The molecule has 1 aliphatic carbocycles. The Hall–Kier alpha value is -1.82. The van der Waals surface area contributed by atoms with Gasteiger partial charge in [0.2, 0.25) is 0 Å². The number of hydrogen-bond acceptors (Lipinski definition) is 5. The van der Waals surface area contributed by atoms with Crippen LogP contribution >= 0.6 is 11.8 Å². The van der Waals surface area contributed by atoms with E-state index in [4.69, 9.17) is 0 Å². The van der Waals surface area contributed by atoms with Crippen molar-refractivity contribution in [2.24, 2.45) is 0 Å². The van der Waals surface area contributed by atoms with E-state index in [0.717, 1.165) is 17.5 Å². The van der Waals surface area contributed by atoms with Crippen LogP contribution in [0.4, 0.5) is 11.4 Å². The highest BCUT2D eigenvalue weighted by atomic mass is 32.2. The largest absolute Gasteiger partial charge is 0.381 e. The quantitative estimate of drug-likeness (QED) is 0.686. The van der Waals surface area contributed by atoms with Crippen LogP contribution in [0.5, 0.6) is 0 Å². The number of benzene rings is 1. The molecule has 0 radical (unpaired) electrons. The minimum Gasteiger partial charge on any atom is -0.381 e. The summed E-state index contributed by atoms with van der Waals surface area (Å²) in [6, 6.07) is 5.51. The van der Waals surface area contributed by atoms with Crippen molar-refractivity contribution in [1.29, 1.82) is 0 Å². The zero-order valence-corrected chi connectivity index (χ0v) is 12.6. The van der Waals surface area contributed by atoms with Gasteiger partial charge in [0, 0.05) is 40.8 Å². The summed E-state index contributed by atoms with van der Waals surface area (Å²) in [7, 11) is 0. The number of nitro benzene ring substituents is 1. The topological polar surface area (TPSA) is 68.1 Å². The minimum absolute atomic E-state index is 0.130. The van der Waals surface area contributed by atoms with Gasteiger partial charge in [-0.25, -0.2) is 0 Å². The summed E-state index contributed by atoms with van der Waals surface area (Å²) in [5.74, 6) is 0. The first-order valence-corrected chi connectivity index (χ1v) is 8.30. The van der Waals surface area contributed by atoms with Crippen molar-refractivity contribution < 1.29 is 4.92 Å². The summed E-state index contributed by atoms with van der Waals surface area (Å²) in [6.45, 7) is 0. The summed E-state index contributed by atoms with van der Waals surface area (Å²) in [5.41, 5.74) is 1.07. The molecule has 2 unspecified atom stereocenters. The lowest BCUT2D eigenvalue weighted by Crippen LogP contribution is -2.25. The number of nitrogens with zero attached hydrogens (tertiary/aromatic N) is 2. The number of hydrogen-bond donors (Lipinski definition) is 1. The lowest BCUT2D eigenvalue weighted by Gasteiger charge is -2.21. The van der Waals surface area contributed by atoms with Gasteiger partial charge in [0.05, 0.1) is 10.3 Å². The number of rotatable bonds is 4. The van der Waals surface area contributed by atoms with Crippen LogP contribution in [0.15, 0.2) is 30.6 Å². The summed E-state index contributed by atoms with van der Waals surface area (Å²) < 4.78 is 0. The molecule has 0 bridgehead atoms.